The fraction of sp³-hybridized carbons (Fsp3) is 0.381. The van der Waals surface area contributed by atoms with E-state index in [1.54, 1.807) is 19.1 Å². The lowest BCUT2D eigenvalue weighted by Crippen LogP contribution is -2.53. The standard InChI is InChI=1S/C21H24ClN3O7S/c1-14-4-6-17(22)20(12-14)32-15(2)21(26)23-8-10-24(11-9-23)33(29,30)16-5-7-19(31-3)18(13-16)25(27)28/h4-7,12-13,15H,8-11H2,1-3H3. The average Bonchev–Trinajstić information content (AvgIpc) is 2.80. The Hall–Kier alpha value is -2.89. The van der Waals surface area contributed by atoms with Crippen molar-refractivity contribution in [2.24, 2.45) is 0 Å². The van der Waals surface area contributed by atoms with Gasteiger partial charge in [0, 0.05) is 32.2 Å². The minimum absolute atomic E-state index is 0.0305. The summed E-state index contributed by atoms with van der Waals surface area (Å²) in [6, 6.07) is 8.76. The number of piperazine rings is 1. The predicted molar refractivity (Wildman–Crippen MR) is 121 cm³/mol. The van der Waals surface area contributed by atoms with Crippen molar-refractivity contribution in [3.8, 4) is 11.5 Å². The molecule has 1 aliphatic rings. The van der Waals surface area contributed by atoms with Crippen LogP contribution in [0.4, 0.5) is 5.69 Å². The molecule has 3 rings (SSSR count). The van der Waals surface area contributed by atoms with Gasteiger partial charge in [-0.3, -0.25) is 14.9 Å². The van der Waals surface area contributed by atoms with E-state index in [-0.39, 0.29) is 42.7 Å². The van der Waals surface area contributed by atoms with E-state index in [0.717, 1.165) is 11.6 Å². The third kappa shape index (κ3) is 5.37. The SMILES string of the molecule is COc1ccc(S(=O)(=O)N2CCN(C(=O)C(C)Oc3cc(C)ccc3Cl)CC2)cc1[N+](=O)[O-]. The van der Waals surface area contributed by atoms with E-state index in [1.165, 1.54) is 28.4 Å². The summed E-state index contributed by atoms with van der Waals surface area (Å²) in [5.41, 5.74) is 0.500. The first kappa shape index (κ1) is 24.7. The minimum atomic E-state index is -3.98. The van der Waals surface area contributed by atoms with Gasteiger partial charge in [-0.25, -0.2) is 8.42 Å². The molecule has 1 saturated heterocycles. The molecular weight excluding hydrogens is 474 g/mol. The van der Waals surface area contributed by atoms with Crippen LogP contribution in [-0.2, 0) is 14.8 Å². The number of hydrogen-bond acceptors (Lipinski definition) is 7. The van der Waals surface area contributed by atoms with Crippen LogP contribution in [-0.4, -0.2) is 67.8 Å². The zero-order chi connectivity index (χ0) is 24.3. The van der Waals surface area contributed by atoms with Gasteiger partial charge in [-0.05, 0) is 43.7 Å². The molecule has 1 heterocycles. The summed E-state index contributed by atoms with van der Waals surface area (Å²) in [6.45, 7) is 3.90. The second kappa shape index (κ2) is 9.94. The maximum absolute atomic E-state index is 13.0. The number of ether oxygens (including phenoxy) is 2. The van der Waals surface area contributed by atoms with Gasteiger partial charge < -0.3 is 14.4 Å². The summed E-state index contributed by atoms with van der Waals surface area (Å²) >= 11 is 6.13. The molecule has 1 atom stereocenters. The molecule has 1 aliphatic heterocycles. The molecular formula is C21H24ClN3O7S. The summed E-state index contributed by atoms with van der Waals surface area (Å²) in [5, 5.41) is 11.6. The molecule has 1 amide bonds. The third-order valence-electron chi connectivity index (χ3n) is 5.27. The average molecular weight is 498 g/mol. The zero-order valence-corrected chi connectivity index (χ0v) is 19.9. The van der Waals surface area contributed by atoms with Gasteiger partial charge in [-0.15, -0.1) is 0 Å². The summed E-state index contributed by atoms with van der Waals surface area (Å²) < 4.78 is 37.9. The van der Waals surface area contributed by atoms with Crippen molar-refractivity contribution in [3.05, 3.63) is 57.1 Å². The lowest BCUT2D eigenvalue weighted by Gasteiger charge is -2.35. The number of nitro groups is 1. The highest BCUT2D eigenvalue weighted by Gasteiger charge is 2.33. The first-order chi connectivity index (χ1) is 15.5. The number of methoxy groups -OCH3 is 1. The van der Waals surface area contributed by atoms with Crippen LogP contribution in [0.1, 0.15) is 12.5 Å². The van der Waals surface area contributed by atoms with E-state index in [1.807, 2.05) is 13.0 Å². The molecule has 0 saturated carbocycles. The van der Waals surface area contributed by atoms with Gasteiger partial charge in [-0.1, -0.05) is 17.7 Å². The van der Waals surface area contributed by atoms with Gasteiger partial charge in [0.15, 0.2) is 11.9 Å². The predicted octanol–water partition coefficient (Wildman–Crippen LogP) is 2.87. The molecule has 1 unspecified atom stereocenters. The van der Waals surface area contributed by atoms with Gasteiger partial charge >= 0.3 is 5.69 Å². The number of nitrogens with zero attached hydrogens (tertiary/aromatic N) is 3. The van der Waals surface area contributed by atoms with Crippen molar-refractivity contribution in [1.29, 1.82) is 0 Å². The summed E-state index contributed by atoms with van der Waals surface area (Å²) in [6.07, 6.45) is -0.809. The second-order valence-corrected chi connectivity index (χ2v) is 9.86. The summed E-state index contributed by atoms with van der Waals surface area (Å²) in [5.74, 6) is 0.0848. The normalized spacial score (nSPS) is 15.7. The zero-order valence-electron chi connectivity index (χ0n) is 18.4. The Morgan fingerprint density at radius 2 is 1.79 bits per heavy atom. The molecule has 0 aliphatic carbocycles. The van der Waals surface area contributed by atoms with Crippen LogP contribution in [0.15, 0.2) is 41.3 Å². The minimum Gasteiger partial charge on any atom is -0.490 e. The van der Waals surface area contributed by atoms with E-state index >= 15 is 0 Å². The lowest BCUT2D eigenvalue weighted by molar-refractivity contribution is -0.386. The van der Waals surface area contributed by atoms with Crippen LogP contribution < -0.4 is 9.47 Å². The molecule has 2 aromatic carbocycles. The molecule has 0 spiro atoms. The molecule has 12 heteroatoms. The van der Waals surface area contributed by atoms with Crippen molar-refractivity contribution < 1.29 is 27.6 Å². The van der Waals surface area contributed by atoms with Gasteiger partial charge in [0.1, 0.15) is 5.75 Å². The largest absolute Gasteiger partial charge is 0.490 e. The van der Waals surface area contributed by atoms with Crippen molar-refractivity contribution in [3.63, 3.8) is 0 Å². The van der Waals surface area contributed by atoms with Gasteiger partial charge in [0.25, 0.3) is 5.91 Å². The highest BCUT2D eigenvalue weighted by atomic mass is 35.5. The van der Waals surface area contributed by atoms with Crippen LogP contribution in [0.3, 0.4) is 0 Å². The molecule has 0 aromatic heterocycles. The summed E-state index contributed by atoms with van der Waals surface area (Å²) in [7, 11) is -2.72. The Balaban J connectivity index is 1.67. The van der Waals surface area contributed by atoms with Crippen molar-refractivity contribution >= 4 is 33.2 Å². The molecule has 0 N–H and O–H groups in total. The third-order valence-corrected chi connectivity index (χ3v) is 7.48. The van der Waals surface area contributed by atoms with Crippen molar-refractivity contribution in [2.75, 3.05) is 33.3 Å². The van der Waals surface area contributed by atoms with Crippen LogP contribution in [0, 0.1) is 17.0 Å². The van der Waals surface area contributed by atoms with E-state index in [4.69, 9.17) is 21.1 Å². The Kier molecular flexibility index (Phi) is 7.45. The number of halogens is 1. The van der Waals surface area contributed by atoms with Crippen LogP contribution >= 0.6 is 11.6 Å². The van der Waals surface area contributed by atoms with Crippen LogP contribution in [0.5, 0.6) is 11.5 Å². The molecule has 2 aromatic rings. The van der Waals surface area contributed by atoms with Crippen LogP contribution in [0.2, 0.25) is 5.02 Å². The first-order valence-electron chi connectivity index (χ1n) is 10.1. The van der Waals surface area contributed by atoms with Crippen molar-refractivity contribution in [2.45, 2.75) is 24.8 Å². The fourth-order valence-corrected chi connectivity index (χ4v) is 5.07. The molecule has 0 bridgehead atoms. The molecule has 0 radical (unpaired) electrons. The Morgan fingerprint density at radius 3 is 2.39 bits per heavy atom. The monoisotopic (exact) mass is 497 g/mol. The van der Waals surface area contributed by atoms with E-state index < -0.39 is 26.7 Å². The Bertz CT molecular complexity index is 1160. The molecule has 10 nitrogen and oxygen atoms in total. The first-order valence-corrected chi connectivity index (χ1v) is 11.9. The topological polar surface area (TPSA) is 119 Å². The summed E-state index contributed by atoms with van der Waals surface area (Å²) in [4.78, 5) is 24.7. The maximum Gasteiger partial charge on any atom is 0.312 e. The lowest BCUT2D eigenvalue weighted by atomic mass is 10.2. The Labute approximate surface area is 196 Å². The number of nitro benzene ring substituents is 1. The smallest absolute Gasteiger partial charge is 0.312 e. The van der Waals surface area contributed by atoms with Gasteiger partial charge in [-0.2, -0.15) is 4.31 Å². The molecule has 33 heavy (non-hydrogen) atoms. The van der Waals surface area contributed by atoms with E-state index in [9.17, 15) is 23.3 Å². The number of hydrogen-bond donors (Lipinski definition) is 0. The Morgan fingerprint density at radius 1 is 1.12 bits per heavy atom. The number of amides is 1. The second-order valence-electron chi connectivity index (χ2n) is 7.51. The number of rotatable bonds is 7. The van der Waals surface area contributed by atoms with E-state index in [0.29, 0.717) is 10.8 Å². The van der Waals surface area contributed by atoms with Gasteiger partial charge in [0.05, 0.1) is 22.0 Å². The highest BCUT2D eigenvalue weighted by Crippen LogP contribution is 2.31. The molecule has 178 valence electrons. The molecule has 1 fully saturated rings. The number of carbonyl (C=O) groups is 1. The number of carbonyl (C=O) groups excluding carboxylic acids is 1. The fourth-order valence-electron chi connectivity index (χ4n) is 3.47. The quantitative estimate of drug-likeness (QED) is 0.426. The number of benzene rings is 2. The van der Waals surface area contributed by atoms with Gasteiger partial charge in [0.2, 0.25) is 10.0 Å². The van der Waals surface area contributed by atoms with E-state index in [2.05, 4.69) is 0 Å². The van der Waals surface area contributed by atoms with Crippen molar-refractivity contribution in [1.82, 2.24) is 9.21 Å². The number of sulfonamides is 1. The maximum atomic E-state index is 13.0. The van der Waals surface area contributed by atoms with Crippen LogP contribution in [0.25, 0.3) is 0 Å². The highest BCUT2D eigenvalue weighted by molar-refractivity contribution is 7.89. The number of aryl methyl sites for hydroxylation is 1.